The Balaban J connectivity index is 1.22. The molecule has 0 bridgehead atoms. The van der Waals surface area contributed by atoms with E-state index in [1.165, 1.54) is 14.1 Å². The number of aromatic nitrogens is 5. The number of nitrogens with zero attached hydrogens (tertiary/aromatic N) is 6. The molecule has 2 atom stereocenters. The summed E-state index contributed by atoms with van der Waals surface area (Å²) < 4.78 is 35.5. The maximum Gasteiger partial charge on any atom is 0.332 e. The van der Waals surface area contributed by atoms with Crippen molar-refractivity contribution in [2.75, 3.05) is 32.6 Å². The summed E-state index contributed by atoms with van der Waals surface area (Å²) in [5, 5.41) is 9.07. The van der Waals surface area contributed by atoms with Crippen molar-refractivity contribution < 1.29 is 18.3 Å². The van der Waals surface area contributed by atoms with E-state index in [2.05, 4.69) is 37.9 Å². The third-order valence-electron chi connectivity index (χ3n) is 9.86. The molecule has 0 spiro atoms. The number of carbonyl (C=O) groups is 1. The monoisotopic (exact) mass is 765 g/mol. The minimum atomic E-state index is -3.08. The van der Waals surface area contributed by atoms with Gasteiger partial charge < -0.3 is 20.7 Å². The fraction of sp³-hybridized carbons (Fsp3) is 0.333. The van der Waals surface area contributed by atoms with Gasteiger partial charge in [0.1, 0.15) is 11.2 Å². The molecule has 3 N–H and O–H groups in total. The van der Waals surface area contributed by atoms with E-state index in [9.17, 15) is 23.2 Å². The van der Waals surface area contributed by atoms with Crippen molar-refractivity contribution in [3.8, 4) is 28.3 Å². The maximum absolute atomic E-state index is 13.9. The first-order valence-electron chi connectivity index (χ1n) is 16.8. The highest BCUT2D eigenvalue weighted by atomic mass is 35.5. The van der Waals surface area contributed by atoms with E-state index in [4.69, 9.17) is 32.9 Å². The zero-order valence-electron chi connectivity index (χ0n) is 29.1. The lowest BCUT2D eigenvalue weighted by Crippen LogP contribution is -2.38. The van der Waals surface area contributed by atoms with Crippen LogP contribution in [0.1, 0.15) is 42.3 Å². The molecule has 0 radical (unpaired) electrons. The number of carbonyl (C=O) groups excluding carboxylic acids is 1. The first kappa shape index (κ1) is 36.2. The number of rotatable bonds is 10. The highest BCUT2D eigenvalue weighted by molar-refractivity contribution is 6.39. The first-order valence-corrected chi connectivity index (χ1v) is 17.6. The number of fused-ring (bicyclic) bond motifs is 2. The smallest absolute Gasteiger partial charge is 0.332 e. The molecule has 1 saturated heterocycles. The molecular weight excluding hydrogens is 731 g/mol. The summed E-state index contributed by atoms with van der Waals surface area (Å²) >= 11 is 14.1. The van der Waals surface area contributed by atoms with Gasteiger partial charge in [0.2, 0.25) is 5.88 Å². The lowest BCUT2D eigenvalue weighted by Gasteiger charge is -2.27. The minimum absolute atomic E-state index is 0.0868. The molecule has 17 heteroatoms. The van der Waals surface area contributed by atoms with E-state index in [-0.39, 0.29) is 45.7 Å². The predicted molar refractivity (Wildman–Crippen MR) is 199 cm³/mol. The number of alkyl halides is 2. The largest absolute Gasteiger partial charge is 0.481 e. The number of anilines is 2. The zero-order chi connectivity index (χ0) is 37.7. The summed E-state index contributed by atoms with van der Waals surface area (Å²) in [5.74, 6) is -0.587. The van der Waals surface area contributed by atoms with Gasteiger partial charge in [-0.05, 0) is 44.0 Å². The summed E-state index contributed by atoms with van der Waals surface area (Å²) in [6, 6.07) is 12.6. The molecule has 7 rings (SSSR count). The third-order valence-corrected chi connectivity index (χ3v) is 10.7. The third kappa shape index (κ3) is 6.57. The Labute approximate surface area is 311 Å². The second-order valence-corrected chi connectivity index (χ2v) is 13.8. The van der Waals surface area contributed by atoms with E-state index >= 15 is 0 Å². The van der Waals surface area contributed by atoms with Crippen molar-refractivity contribution in [3.63, 3.8) is 0 Å². The van der Waals surface area contributed by atoms with Crippen LogP contribution in [0.25, 0.3) is 33.4 Å². The van der Waals surface area contributed by atoms with Gasteiger partial charge in [0.25, 0.3) is 12.0 Å². The molecule has 276 valence electrons. The van der Waals surface area contributed by atoms with Crippen LogP contribution >= 0.6 is 23.2 Å². The van der Waals surface area contributed by atoms with Crippen molar-refractivity contribution in [3.05, 3.63) is 90.3 Å². The number of pyridine rings is 1. The number of hydrogen-bond donors (Lipinski definition) is 3. The molecule has 4 heterocycles. The highest BCUT2D eigenvalue weighted by Crippen LogP contribution is 2.45. The van der Waals surface area contributed by atoms with E-state index in [1.807, 2.05) is 18.2 Å². The van der Waals surface area contributed by atoms with Crippen LogP contribution < -0.4 is 31.9 Å². The summed E-state index contributed by atoms with van der Waals surface area (Å²) in [5.41, 5.74) is 3.00. The number of benzene rings is 2. The number of halogens is 4. The Morgan fingerprint density at radius 1 is 1.02 bits per heavy atom. The molecule has 2 amide bonds. The van der Waals surface area contributed by atoms with Gasteiger partial charge in [-0.1, -0.05) is 53.5 Å². The molecule has 2 aliphatic rings. The molecule has 2 unspecified atom stereocenters. The van der Waals surface area contributed by atoms with E-state index < -0.39 is 23.5 Å². The average Bonchev–Trinajstić information content (AvgIpc) is 3.78. The summed E-state index contributed by atoms with van der Waals surface area (Å²) in [7, 11) is 6.27. The lowest BCUT2D eigenvalue weighted by molar-refractivity contribution is 0.141. The SMILES string of the molecule is COc1nc(-c2cccc(-c3cccc(Nc4nc(C(F)F)nc5c4c(=O)n(C)c(=O)n5C)c3Cl)c2Cl)cc2c1C(N(C)CCC1CNC(=O)N1)CC2. The minimum Gasteiger partial charge on any atom is -0.481 e. The van der Waals surface area contributed by atoms with Crippen molar-refractivity contribution in [2.45, 2.75) is 37.8 Å². The van der Waals surface area contributed by atoms with Crippen LogP contribution in [-0.4, -0.2) is 68.3 Å². The Morgan fingerprint density at radius 2 is 1.74 bits per heavy atom. The van der Waals surface area contributed by atoms with E-state index in [1.54, 1.807) is 31.4 Å². The van der Waals surface area contributed by atoms with Gasteiger partial charge >= 0.3 is 11.7 Å². The summed E-state index contributed by atoms with van der Waals surface area (Å²) in [6.07, 6.45) is -0.570. The zero-order valence-corrected chi connectivity index (χ0v) is 30.6. The van der Waals surface area contributed by atoms with Gasteiger partial charge in [0.05, 0.1) is 28.5 Å². The van der Waals surface area contributed by atoms with Gasteiger partial charge in [0.15, 0.2) is 11.5 Å². The van der Waals surface area contributed by atoms with Crippen LogP contribution in [0.4, 0.5) is 25.1 Å². The molecule has 5 aromatic rings. The van der Waals surface area contributed by atoms with Gasteiger partial charge in [-0.25, -0.2) is 33.3 Å². The van der Waals surface area contributed by atoms with Crippen molar-refractivity contribution >= 4 is 51.8 Å². The van der Waals surface area contributed by atoms with Crippen molar-refractivity contribution in [2.24, 2.45) is 14.1 Å². The Hall–Kier alpha value is -5.12. The molecule has 1 aliphatic heterocycles. The standard InChI is InChI=1S/C36H35Cl2F2N9O4/c1-47(14-13-18-16-41-35(51)42-18)24-12-11-17-15-23(44-33(53-4)25(17)24)21-9-5-7-19(27(21)37)20-8-6-10-22(28(20)38)43-30-26-32(46-31(45-30)29(39)40)48(2)36(52)49(3)34(26)50/h5-10,15,18,24,29H,11-14,16H2,1-4H3,(H2,41,42,51)(H,43,45,46). The average molecular weight is 767 g/mol. The van der Waals surface area contributed by atoms with Crippen LogP contribution in [0, 0.1) is 0 Å². The number of hydrogen-bond acceptors (Lipinski definition) is 9. The Morgan fingerprint density at radius 3 is 2.43 bits per heavy atom. The molecule has 13 nitrogen and oxygen atoms in total. The van der Waals surface area contributed by atoms with Crippen LogP contribution in [0.2, 0.25) is 10.0 Å². The number of urea groups is 1. The normalized spacial score (nSPS) is 16.7. The molecule has 53 heavy (non-hydrogen) atoms. The fourth-order valence-corrected chi connectivity index (χ4v) is 7.67. The van der Waals surface area contributed by atoms with Crippen LogP contribution in [0.3, 0.4) is 0 Å². The second-order valence-electron chi connectivity index (χ2n) is 13.1. The van der Waals surface area contributed by atoms with Gasteiger partial charge in [-0.15, -0.1) is 0 Å². The first-order chi connectivity index (χ1) is 25.4. The Bertz CT molecular complexity index is 2400. The fourth-order valence-electron chi connectivity index (χ4n) is 7.07. The van der Waals surface area contributed by atoms with Crippen LogP contribution in [0.15, 0.2) is 52.1 Å². The second kappa shape index (κ2) is 14.4. The molecule has 2 aromatic carbocycles. The predicted octanol–water partition coefficient (Wildman–Crippen LogP) is 5.74. The number of amides is 2. The topological polar surface area (TPSA) is 148 Å². The molecule has 3 aromatic heterocycles. The van der Waals surface area contributed by atoms with Crippen LogP contribution in [0.5, 0.6) is 5.88 Å². The molecule has 0 saturated carbocycles. The maximum atomic E-state index is 13.9. The lowest BCUT2D eigenvalue weighted by atomic mass is 9.99. The van der Waals surface area contributed by atoms with Crippen molar-refractivity contribution in [1.29, 1.82) is 0 Å². The summed E-state index contributed by atoms with van der Waals surface area (Å²) in [4.78, 5) is 52.3. The van der Waals surface area contributed by atoms with E-state index in [0.717, 1.165) is 46.1 Å². The summed E-state index contributed by atoms with van der Waals surface area (Å²) in [6.45, 7) is 1.39. The molecule has 1 aliphatic carbocycles. The Kier molecular flexibility index (Phi) is 9.83. The van der Waals surface area contributed by atoms with Gasteiger partial charge in [0, 0.05) is 61.5 Å². The number of ether oxygens (including phenoxy) is 1. The molecular formula is C36H35Cl2F2N9O4. The van der Waals surface area contributed by atoms with E-state index in [0.29, 0.717) is 39.8 Å². The number of methoxy groups -OCH3 is 1. The quantitative estimate of drug-likeness (QED) is 0.162. The van der Waals surface area contributed by atoms with Gasteiger partial charge in [-0.2, -0.15) is 0 Å². The van der Waals surface area contributed by atoms with Crippen molar-refractivity contribution in [1.82, 2.24) is 39.6 Å². The van der Waals surface area contributed by atoms with Gasteiger partial charge in [-0.3, -0.25) is 18.8 Å². The highest BCUT2D eigenvalue weighted by Gasteiger charge is 2.32. The van der Waals surface area contributed by atoms with Crippen LogP contribution in [-0.2, 0) is 20.5 Å². The number of aryl methyl sites for hydroxylation is 2. The molecule has 1 fully saturated rings. The number of nitrogens with one attached hydrogen (secondary N) is 3.